The van der Waals surface area contributed by atoms with Crippen molar-refractivity contribution in [3.05, 3.63) is 54.3 Å². The average Bonchev–Trinajstić information content (AvgIpc) is 2.78. The Morgan fingerprint density at radius 3 is 2.37 bits per heavy atom. The summed E-state index contributed by atoms with van der Waals surface area (Å²) in [4.78, 5) is 28.3. The van der Waals surface area contributed by atoms with Gasteiger partial charge in [-0.3, -0.25) is 4.79 Å². The summed E-state index contributed by atoms with van der Waals surface area (Å²) in [6, 6.07) is 13.1. The van der Waals surface area contributed by atoms with E-state index in [0.717, 1.165) is 11.4 Å². The van der Waals surface area contributed by atoms with E-state index in [4.69, 9.17) is 14.2 Å². The summed E-state index contributed by atoms with van der Waals surface area (Å²) in [5, 5.41) is 0. The molecule has 0 unspecified atom stereocenters. The molecule has 0 bridgehead atoms. The fourth-order valence-corrected chi connectivity index (χ4v) is 3.19. The second-order valence-corrected chi connectivity index (χ2v) is 6.86. The van der Waals surface area contributed by atoms with Crippen LogP contribution in [-0.2, 0) is 14.3 Å². The number of para-hydroxylation sites is 2. The van der Waals surface area contributed by atoms with Crippen molar-refractivity contribution < 1.29 is 28.2 Å². The van der Waals surface area contributed by atoms with Crippen LogP contribution in [0.25, 0.3) is 0 Å². The monoisotopic (exact) mass is 416 g/mol. The number of halogens is 1. The van der Waals surface area contributed by atoms with Gasteiger partial charge in [0.25, 0.3) is 5.91 Å². The number of hydrogen-bond donors (Lipinski definition) is 0. The summed E-state index contributed by atoms with van der Waals surface area (Å²) in [7, 11) is 1.63. The van der Waals surface area contributed by atoms with E-state index in [1.54, 1.807) is 12.0 Å². The molecule has 1 atom stereocenters. The molecule has 0 aromatic heterocycles. The molecule has 0 aliphatic carbocycles. The van der Waals surface area contributed by atoms with Gasteiger partial charge in [0.2, 0.25) is 0 Å². The second kappa shape index (κ2) is 9.96. The number of rotatable bonds is 7. The molecule has 0 radical (unpaired) electrons. The van der Waals surface area contributed by atoms with E-state index in [1.165, 1.54) is 31.2 Å². The molecular formula is C22H25FN2O5. The third-order valence-corrected chi connectivity index (χ3v) is 4.85. The predicted octanol–water partition coefficient (Wildman–Crippen LogP) is 2.49. The molecule has 0 spiro atoms. The van der Waals surface area contributed by atoms with Crippen molar-refractivity contribution in [2.75, 3.05) is 44.8 Å². The van der Waals surface area contributed by atoms with Crippen LogP contribution in [-0.4, -0.2) is 62.8 Å². The van der Waals surface area contributed by atoms with Crippen molar-refractivity contribution in [2.24, 2.45) is 0 Å². The van der Waals surface area contributed by atoms with E-state index in [9.17, 15) is 14.0 Å². The molecule has 2 aromatic carbocycles. The van der Waals surface area contributed by atoms with E-state index in [1.807, 2.05) is 24.3 Å². The minimum Gasteiger partial charge on any atom is -0.495 e. The van der Waals surface area contributed by atoms with Crippen LogP contribution in [0.1, 0.15) is 6.92 Å². The summed E-state index contributed by atoms with van der Waals surface area (Å²) < 4.78 is 28.8. The Morgan fingerprint density at radius 1 is 1.03 bits per heavy atom. The number of anilines is 1. The summed E-state index contributed by atoms with van der Waals surface area (Å²) in [6.45, 7) is 3.53. The number of methoxy groups -OCH3 is 1. The van der Waals surface area contributed by atoms with E-state index in [-0.39, 0.29) is 12.5 Å². The number of piperazine rings is 1. The van der Waals surface area contributed by atoms with Gasteiger partial charge in [0.1, 0.15) is 17.3 Å². The smallest absolute Gasteiger partial charge is 0.347 e. The Labute approximate surface area is 174 Å². The SMILES string of the molecule is COc1ccccc1N1CCN(C(=O)COC(=O)[C@@H](C)Oc2ccc(F)cc2)CC1. The van der Waals surface area contributed by atoms with Gasteiger partial charge in [-0.2, -0.15) is 0 Å². The minimum absolute atomic E-state index is 0.253. The maximum atomic E-state index is 12.9. The third-order valence-electron chi connectivity index (χ3n) is 4.85. The molecule has 1 amide bonds. The molecule has 1 saturated heterocycles. The molecule has 8 heteroatoms. The molecule has 1 aliphatic rings. The van der Waals surface area contributed by atoms with Crippen molar-refractivity contribution in [2.45, 2.75) is 13.0 Å². The van der Waals surface area contributed by atoms with Crippen LogP contribution in [0.4, 0.5) is 10.1 Å². The fraction of sp³-hybridized carbons (Fsp3) is 0.364. The van der Waals surface area contributed by atoms with Crippen LogP contribution in [0.3, 0.4) is 0 Å². The Bertz CT molecular complexity index is 866. The van der Waals surface area contributed by atoms with Crippen LogP contribution in [0.5, 0.6) is 11.5 Å². The molecule has 0 saturated carbocycles. The zero-order chi connectivity index (χ0) is 21.5. The Balaban J connectivity index is 1.44. The van der Waals surface area contributed by atoms with E-state index in [2.05, 4.69) is 4.90 Å². The maximum Gasteiger partial charge on any atom is 0.347 e. The van der Waals surface area contributed by atoms with Crippen molar-refractivity contribution in [3.8, 4) is 11.5 Å². The van der Waals surface area contributed by atoms with Gasteiger partial charge in [-0.1, -0.05) is 12.1 Å². The lowest BCUT2D eigenvalue weighted by Crippen LogP contribution is -2.50. The molecule has 160 valence electrons. The lowest BCUT2D eigenvalue weighted by molar-refractivity contribution is -0.157. The first-order valence-electron chi connectivity index (χ1n) is 9.72. The van der Waals surface area contributed by atoms with Gasteiger partial charge in [-0.25, -0.2) is 9.18 Å². The van der Waals surface area contributed by atoms with Gasteiger partial charge in [0.05, 0.1) is 12.8 Å². The molecule has 1 aliphatic heterocycles. The highest BCUT2D eigenvalue weighted by atomic mass is 19.1. The molecule has 1 heterocycles. The Hall–Kier alpha value is -3.29. The number of ether oxygens (including phenoxy) is 3. The summed E-state index contributed by atoms with van der Waals surface area (Å²) in [5.41, 5.74) is 0.991. The van der Waals surface area contributed by atoms with Crippen LogP contribution < -0.4 is 14.4 Å². The molecular weight excluding hydrogens is 391 g/mol. The minimum atomic E-state index is -0.911. The molecule has 0 N–H and O–H groups in total. The second-order valence-electron chi connectivity index (χ2n) is 6.86. The molecule has 1 fully saturated rings. The highest BCUT2D eigenvalue weighted by Gasteiger charge is 2.25. The van der Waals surface area contributed by atoms with Crippen LogP contribution in [0.15, 0.2) is 48.5 Å². The van der Waals surface area contributed by atoms with Gasteiger partial charge in [0.15, 0.2) is 12.7 Å². The highest BCUT2D eigenvalue weighted by Crippen LogP contribution is 2.28. The Kier molecular flexibility index (Phi) is 7.11. The topological polar surface area (TPSA) is 68.3 Å². The molecule has 30 heavy (non-hydrogen) atoms. The van der Waals surface area contributed by atoms with Gasteiger partial charge in [0, 0.05) is 26.2 Å². The van der Waals surface area contributed by atoms with Crippen molar-refractivity contribution in [1.29, 1.82) is 0 Å². The summed E-state index contributed by atoms with van der Waals surface area (Å²) in [6.07, 6.45) is -0.911. The van der Waals surface area contributed by atoms with Gasteiger partial charge in [-0.15, -0.1) is 0 Å². The van der Waals surface area contributed by atoms with Crippen LogP contribution >= 0.6 is 0 Å². The first kappa shape index (κ1) is 21.4. The summed E-state index contributed by atoms with van der Waals surface area (Å²) in [5.74, 6) is -0.160. The number of hydrogen-bond acceptors (Lipinski definition) is 6. The van der Waals surface area contributed by atoms with Crippen LogP contribution in [0.2, 0.25) is 0 Å². The Morgan fingerprint density at radius 2 is 1.70 bits per heavy atom. The van der Waals surface area contributed by atoms with Crippen molar-refractivity contribution >= 4 is 17.6 Å². The number of amides is 1. The first-order chi connectivity index (χ1) is 14.5. The lowest BCUT2D eigenvalue weighted by Gasteiger charge is -2.36. The summed E-state index contributed by atoms with van der Waals surface area (Å²) >= 11 is 0. The third kappa shape index (κ3) is 5.40. The predicted molar refractivity (Wildman–Crippen MR) is 109 cm³/mol. The number of nitrogens with zero attached hydrogens (tertiary/aromatic N) is 2. The van der Waals surface area contributed by atoms with E-state index < -0.39 is 17.9 Å². The lowest BCUT2D eigenvalue weighted by atomic mass is 10.2. The maximum absolute atomic E-state index is 12.9. The fourth-order valence-electron chi connectivity index (χ4n) is 3.19. The zero-order valence-corrected chi connectivity index (χ0v) is 17.0. The normalized spacial score (nSPS) is 14.8. The van der Waals surface area contributed by atoms with E-state index >= 15 is 0 Å². The standard InChI is InChI=1S/C22H25FN2O5/c1-16(30-18-9-7-17(23)8-10-18)22(27)29-15-21(26)25-13-11-24(12-14-25)19-5-3-4-6-20(19)28-2/h3-10,16H,11-15H2,1-2H3/t16-/m1/s1. The number of benzene rings is 2. The van der Waals surface area contributed by atoms with Gasteiger partial charge < -0.3 is 24.0 Å². The molecule has 2 aromatic rings. The van der Waals surface area contributed by atoms with Gasteiger partial charge >= 0.3 is 5.97 Å². The van der Waals surface area contributed by atoms with Crippen molar-refractivity contribution in [1.82, 2.24) is 4.90 Å². The number of carbonyl (C=O) groups excluding carboxylic acids is 2. The van der Waals surface area contributed by atoms with Crippen molar-refractivity contribution in [3.63, 3.8) is 0 Å². The largest absolute Gasteiger partial charge is 0.495 e. The number of esters is 1. The highest BCUT2D eigenvalue weighted by molar-refractivity contribution is 5.82. The quantitative estimate of drug-likeness (QED) is 0.646. The van der Waals surface area contributed by atoms with E-state index in [0.29, 0.717) is 31.9 Å². The molecule has 3 rings (SSSR count). The molecule has 7 nitrogen and oxygen atoms in total. The average molecular weight is 416 g/mol. The zero-order valence-electron chi connectivity index (χ0n) is 17.0. The number of carbonyl (C=O) groups is 2. The van der Waals surface area contributed by atoms with Gasteiger partial charge in [-0.05, 0) is 43.3 Å². The van der Waals surface area contributed by atoms with Crippen LogP contribution in [0, 0.1) is 5.82 Å². The first-order valence-corrected chi connectivity index (χ1v) is 9.72.